The number of fused-ring (bicyclic) bond motifs is 1. The molecule has 0 saturated heterocycles. The quantitative estimate of drug-likeness (QED) is 0.354. The van der Waals surface area contributed by atoms with E-state index in [0.717, 1.165) is 44.4 Å². The Kier molecular flexibility index (Phi) is 7.25. The van der Waals surface area contributed by atoms with Crippen LogP contribution in [0.5, 0.6) is 0 Å². The second-order valence-corrected chi connectivity index (χ2v) is 8.49. The largest absolute Gasteiger partial charge is 1.00 e. The highest BCUT2D eigenvalue weighted by atomic mass is 127. The number of hydrogen-bond acceptors (Lipinski definition) is 3. The van der Waals surface area contributed by atoms with Gasteiger partial charge >= 0.3 is 0 Å². The van der Waals surface area contributed by atoms with Crippen molar-refractivity contribution in [2.24, 2.45) is 5.10 Å². The number of benzene rings is 3. The van der Waals surface area contributed by atoms with Gasteiger partial charge in [0.25, 0.3) is 0 Å². The van der Waals surface area contributed by atoms with Crippen molar-refractivity contribution in [3.63, 3.8) is 0 Å². The lowest BCUT2D eigenvalue weighted by Gasteiger charge is -2.25. The van der Waals surface area contributed by atoms with Crippen LogP contribution in [-0.2, 0) is 0 Å². The van der Waals surface area contributed by atoms with Crippen LogP contribution >= 0.6 is 43.5 Å². The van der Waals surface area contributed by atoms with Gasteiger partial charge in [0.15, 0.2) is 0 Å². The number of hydrazone groups is 1. The molecule has 1 heterocycles. The van der Waals surface area contributed by atoms with Gasteiger partial charge in [-0.2, -0.15) is 5.43 Å². The first kappa shape index (κ1) is 21.8. The molecule has 8 heteroatoms. The Balaban J connectivity index is 0.00000225. The van der Waals surface area contributed by atoms with Crippen LogP contribution in [0.15, 0.2) is 68.6 Å². The maximum Gasteiger partial charge on any atom is 0.245 e. The molecule has 1 aliphatic rings. The number of nitrogens with two attached hydrogens (primary N) is 1. The van der Waals surface area contributed by atoms with Gasteiger partial charge in [-0.1, -0.05) is 51.7 Å². The second-order valence-electron chi connectivity index (χ2n) is 6.35. The zero-order chi connectivity index (χ0) is 19.0. The van der Waals surface area contributed by atoms with Crippen LogP contribution in [0.3, 0.4) is 0 Å². The molecule has 0 fully saturated rings. The summed E-state index contributed by atoms with van der Waals surface area (Å²) < 4.78 is 2.08. The third-order valence-electron chi connectivity index (χ3n) is 4.40. The number of hydrazine groups is 1. The third kappa shape index (κ3) is 4.33. The number of rotatable bonds is 4. The van der Waals surface area contributed by atoms with Crippen LogP contribution in [0, 0.1) is 0 Å². The molecule has 0 aliphatic carbocycles. The fourth-order valence-electron chi connectivity index (χ4n) is 3.11. The standard InChI is InChI=1S/C20H17Br2ClN4.HI/c1-2-4-20-24-26(15-9-7-14(23)8-10-15)27(25-20)19-11-13-5-3-6-17(21)16(13)12-18(19)22;/h3,5-12H,2,4H2,1H3,(H,24,25);1H. The van der Waals surface area contributed by atoms with Crippen molar-refractivity contribution in [1.29, 1.82) is 0 Å². The van der Waals surface area contributed by atoms with E-state index in [4.69, 9.17) is 16.7 Å². The smallest absolute Gasteiger partial charge is 0.245 e. The van der Waals surface area contributed by atoms with Crippen molar-refractivity contribution < 1.29 is 29.4 Å². The molecule has 28 heavy (non-hydrogen) atoms. The van der Waals surface area contributed by atoms with Crippen molar-refractivity contribution in [2.75, 3.05) is 10.2 Å². The number of hydrogen-bond donors (Lipinski definition) is 1. The van der Waals surface area contributed by atoms with E-state index in [2.05, 4.69) is 73.6 Å². The number of nitrogens with zero attached hydrogens (tertiary/aromatic N) is 3. The van der Waals surface area contributed by atoms with Gasteiger partial charge in [0, 0.05) is 20.4 Å². The Morgan fingerprint density at radius 1 is 1.04 bits per heavy atom. The lowest BCUT2D eigenvalue weighted by molar-refractivity contribution is -0.548. The van der Waals surface area contributed by atoms with E-state index in [1.54, 1.807) is 0 Å². The summed E-state index contributed by atoms with van der Waals surface area (Å²) in [6.07, 6.45) is 1.97. The monoisotopic (exact) mass is 634 g/mol. The summed E-state index contributed by atoms with van der Waals surface area (Å²) >= 11 is 13.5. The molecule has 0 amide bonds. The lowest BCUT2D eigenvalue weighted by atomic mass is 10.1. The van der Waals surface area contributed by atoms with Crippen LogP contribution in [0.4, 0.5) is 11.4 Å². The van der Waals surface area contributed by atoms with E-state index in [1.807, 2.05) is 35.4 Å². The first-order valence-corrected chi connectivity index (χ1v) is 10.7. The Bertz CT molecular complexity index is 1030. The number of amidine groups is 1. The maximum absolute atomic E-state index is 6.07. The van der Waals surface area contributed by atoms with Crippen LogP contribution in [-0.4, -0.2) is 5.84 Å². The zero-order valence-corrected chi connectivity index (χ0v) is 21.1. The van der Waals surface area contributed by atoms with Gasteiger partial charge in [-0.05, 0) is 75.6 Å². The van der Waals surface area contributed by atoms with E-state index < -0.39 is 0 Å². The molecule has 2 N–H and O–H groups in total. The van der Waals surface area contributed by atoms with Crippen molar-refractivity contribution in [1.82, 2.24) is 0 Å². The fourth-order valence-corrected chi connectivity index (χ4v) is 4.26. The summed E-state index contributed by atoms with van der Waals surface area (Å²) in [5.74, 6) is 1.05. The topological polar surface area (TPSA) is 35.5 Å². The van der Waals surface area contributed by atoms with Gasteiger partial charge in [0.05, 0.1) is 5.69 Å². The summed E-state index contributed by atoms with van der Waals surface area (Å²) in [5, 5.41) is 11.9. The number of quaternary nitrogens is 1. The fraction of sp³-hybridized carbons (Fsp3) is 0.150. The van der Waals surface area contributed by atoms with Gasteiger partial charge in [0.2, 0.25) is 5.84 Å². The van der Waals surface area contributed by atoms with Gasteiger partial charge in [0.1, 0.15) is 5.69 Å². The Morgan fingerprint density at radius 3 is 2.50 bits per heavy atom. The highest BCUT2D eigenvalue weighted by Crippen LogP contribution is 2.35. The molecule has 1 aliphatic heterocycles. The molecule has 3 aromatic rings. The molecule has 4 nitrogen and oxygen atoms in total. The average Bonchev–Trinajstić information content (AvgIpc) is 3.07. The molecule has 3 aromatic carbocycles. The minimum atomic E-state index is 0. The minimum Gasteiger partial charge on any atom is -1.00 e. The van der Waals surface area contributed by atoms with Crippen molar-refractivity contribution >= 4 is 71.4 Å². The summed E-state index contributed by atoms with van der Waals surface area (Å²) in [5.41, 5.74) is 4.09. The zero-order valence-electron chi connectivity index (χ0n) is 15.0. The number of anilines is 2. The first-order valence-electron chi connectivity index (χ1n) is 8.72. The van der Waals surface area contributed by atoms with Crippen LogP contribution in [0.25, 0.3) is 10.8 Å². The van der Waals surface area contributed by atoms with Crippen molar-refractivity contribution in [3.8, 4) is 0 Å². The summed E-state index contributed by atoms with van der Waals surface area (Å²) in [4.78, 5) is 0. The number of halogens is 4. The molecule has 0 atom stereocenters. The van der Waals surface area contributed by atoms with Crippen molar-refractivity contribution in [2.45, 2.75) is 19.8 Å². The molecule has 0 saturated carbocycles. The van der Waals surface area contributed by atoms with E-state index in [-0.39, 0.29) is 24.0 Å². The summed E-state index contributed by atoms with van der Waals surface area (Å²) in [7, 11) is 0. The molecule has 0 aromatic heterocycles. The molecular formula is C20H18Br2ClIN4. The summed E-state index contributed by atoms with van der Waals surface area (Å²) in [6.45, 7) is 2.16. The van der Waals surface area contributed by atoms with Crippen LogP contribution < -0.4 is 39.6 Å². The van der Waals surface area contributed by atoms with Gasteiger partial charge in [-0.15, -0.1) is 10.2 Å². The molecular weight excluding hydrogens is 618 g/mol. The van der Waals surface area contributed by atoms with E-state index in [9.17, 15) is 0 Å². The Morgan fingerprint density at radius 2 is 1.79 bits per heavy atom. The van der Waals surface area contributed by atoms with Crippen LogP contribution in [0.2, 0.25) is 5.02 Å². The highest BCUT2D eigenvalue weighted by molar-refractivity contribution is 9.11. The van der Waals surface area contributed by atoms with E-state index in [1.165, 1.54) is 5.39 Å². The van der Waals surface area contributed by atoms with Gasteiger partial charge in [-0.25, -0.2) is 0 Å². The predicted octanol–water partition coefficient (Wildman–Crippen LogP) is 2.86. The molecule has 0 spiro atoms. The highest BCUT2D eigenvalue weighted by Gasteiger charge is 2.31. The SMILES string of the molecule is CCCC1=NN(c2ccc(Cl)cc2)N(c2cc3cccc(Br)c3cc2Br)[NH2+]1.[I-]. The van der Waals surface area contributed by atoms with Gasteiger partial charge in [-0.3, -0.25) is 0 Å². The Labute approximate surface area is 203 Å². The molecule has 4 rings (SSSR count). The summed E-state index contributed by atoms with van der Waals surface area (Å²) in [6, 6.07) is 18.3. The maximum atomic E-state index is 6.07. The van der Waals surface area contributed by atoms with E-state index >= 15 is 0 Å². The normalized spacial score (nSPS) is 13.6. The predicted molar refractivity (Wildman–Crippen MR) is 120 cm³/mol. The molecule has 0 unspecified atom stereocenters. The average molecular weight is 637 g/mol. The minimum absolute atomic E-state index is 0. The van der Waals surface area contributed by atoms with Gasteiger partial charge < -0.3 is 24.0 Å². The molecule has 0 radical (unpaired) electrons. The Hall–Kier alpha value is -0.870. The molecule has 0 bridgehead atoms. The third-order valence-corrected chi connectivity index (χ3v) is 5.98. The van der Waals surface area contributed by atoms with E-state index in [0.29, 0.717) is 5.02 Å². The lowest BCUT2D eigenvalue weighted by Crippen LogP contribution is -3.00. The van der Waals surface area contributed by atoms with Crippen molar-refractivity contribution in [3.05, 3.63) is 68.6 Å². The van der Waals surface area contributed by atoms with Crippen LogP contribution in [0.1, 0.15) is 19.8 Å². The molecule has 146 valence electrons. The second kappa shape index (κ2) is 9.30. The first-order chi connectivity index (χ1) is 13.1.